The lowest BCUT2D eigenvalue weighted by Gasteiger charge is -2.17. The van der Waals surface area contributed by atoms with Crippen molar-refractivity contribution >= 4 is 5.97 Å². The van der Waals surface area contributed by atoms with Gasteiger partial charge in [-0.15, -0.1) is 0 Å². The first-order valence-electron chi connectivity index (χ1n) is 7.25. The van der Waals surface area contributed by atoms with E-state index >= 15 is 0 Å². The number of carboxylic acid groups (broad SMARTS) is 1. The number of carboxylic acids is 1. The molecule has 0 spiro atoms. The molecule has 0 bridgehead atoms. The molecule has 0 amide bonds. The molecule has 2 rings (SSSR count). The normalized spacial score (nSPS) is 29.7. The van der Waals surface area contributed by atoms with Gasteiger partial charge in [-0.25, -0.2) is 0 Å². The van der Waals surface area contributed by atoms with Crippen LogP contribution in [0.25, 0.3) is 0 Å². The average Bonchev–Trinajstić information content (AvgIpc) is 2.70. The molecule has 5 atom stereocenters. The number of quaternary nitrogens is 1. The molecule has 0 saturated heterocycles. The third kappa shape index (κ3) is 5.45. The summed E-state index contributed by atoms with van der Waals surface area (Å²) in [6.45, 7) is 2.60. The zero-order valence-corrected chi connectivity index (χ0v) is 12.8. The Hall–Kier alpha value is -1.68. The van der Waals surface area contributed by atoms with Crippen LogP contribution in [0.5, 0.6) is 0 Å². The maximum Gasteiger partial charge on any atom is 0.430 e. The molecule has 24 heavy (non-hydrogen) atoms. The first-order valence-corrected chi connectivity index (χ1v) is 7.25. The van der Waals surface area contributed by atoms with E-state index in [1.54, 1.807) is 0 Å². The molecule has 1 aromatic carbocycles. The maximum atomic E-state index is 10.5. The standard InChI is InChI=1S/C13H19NO3.C2HF3O2/c1-8-10(12(16)13(17)11(8)15)14-7-9-5-3-2-4-6-9;3-2(4,5)1(6)7/h2-6,8,10-17H,7H2,1H3;(H,6,7)/t8-,10+,11-,12-,13-;/m1./s1. The van der Waals surface area contributed by atoms with Crippen LogP contribution < -0.4 is 10.4 Å². The minimum atomic E-state index is -5.19. The van der Waals surface area contributed by atoms with Crippen molar-refractivity contribution in [1.29, 1.82) is 0 Å². The Balaban J connectivity index is 0.000000351. The van der Waals surface area contributed by atoms with E-state index in [-0.39, 0.29) is 12.0 Å². The zero-order valence-electron chi connectivity index (χ0n) is 12.8. The van der Waals surface area contributed by atoms with Crippen LogP contribution in [0.1, 0.15) is 12.5 Å². The third-order valence-corrected chi connectivity index (χ3v) is 3.94. The summed E-state index contributed by atoms with van der Waals surface area (Å²) in [7, 11) is 0. The number of nitrogens with two attached hydrogens (primary N) is 1. The van der Waals surface area contributed by atoms with Gasteiger partial charge in [0, 0.05) is 11.5 Å². The number of rotatable bonds is 3. The van der Waals surface area contributed by atoms with Crippen molar-refractivity contribution in [3.8, 4) is 0 Å². The van der Waals surface area contributed by atoms with Crippen molar-refractivity contribution in [2.45, 2.75) is 44.0 Å². The van der Waals surface area contributed by atoms with Crippen molar-refractivity contribution in [2.75, 3.05) is 0 Å². The van der Waals surface area contributed by atoms with Gasteiger partial charge in [0.05, 0.1) is 6.10 Å². The van der Waals surface area contributed by atoms with Gasteiger partial charge in [-0.05, 0) is 0 Å². The van der Waals surface area contributed by atoms with Crippen LogP contribution in [0, 0.1) is 5.92 Å². The van der Waals surface area contributed by atoms with Crippen LogP contribution in [-0.2, 0) is 11.3 Å². The minimum absolute atomic E-state index is 0.108. The van der Waals surface area contributed by atoms with Crippen LogP contribution in [-0.4, -0.2) is 51.8 Å². The van der Waals surface area contributed by atoms with Crippen molar-refractivity contribution in [3.63, 3.8) is 0 Å². The second-order valence-electron chi connectivity index (χ2n) is 5.62. The lowest BCUT2D eigenvalue weighted by molar-refractivity contribution is -0.715. The highest BCUT2D eigenvalue weighted by atomic mass is 19.4. The highest BCUT2D eigenvalue weighted by Gasteiger charge is 2.48. The molecular formula is C15H20F3NO5. The Morgan fingerprint density at radius 3 is 2.00 bits per heavy atom. The molecule has 1 saturated carbocycles. The van der Waals surface area contributed by atoms with Gasteiger partial charge in [0.25, 0.3) is 0 Å². The molecule has 0 unspecified atom stereocenters. The minimum Gasteiger partial charge on any atom is -0.542 e. The second-order valence-corrected chi connectivity index (χ2v) is 5.62. The average molecular weight is 351 g/mol. The first-order chi connectivity index (χ1) is 11.1. The predicted molar refractivity (Wildman–Crippen MR) is 74.1 cm³/mol. The van der Waals surface area contributed by atoms with Crippen molar-refractivity contribution < 1.29 is 43.7 Å². The monoisotopic (exact) mass is 351 g/mol. The molecular weight excluding hydrogens is 331 g/mol. The number of aliphatic carboxylic acids is 1. The molecule has 0 radical (unpaired) electrons. The molecule has 1 fully saturated rings. The molecule has 136 valence electrons. The summed E-state index contributed by atoms with van der Waals surface area (Å²) in [5, 5.41) is 39.9. The smallest absolute Gasteiger partial charge is 0.430 e. The number of hydrogen-bond donors (Lipinski definition) is 4. The van der Waals surface area contributed by atoms with Crippen molar-refractivity contribution in [2.24, 2.45) is 5.92 Å². The maximum absolute atomic E-state index is 10.5. The van der Waals surface area contributed by atoms with E-state index in [9.17, 15) is 28.5 Å². The SMILES string of the molecule is C[C@H]1[C@@H](O)[C@@H](O)[C@H](O)[C@H]1[NH2+]Cc1ccccc1.O=C([O-])C(F)(F)F. The van der Waals surface area contributed by atoms with Gasteiger partial charge in [-0.1, -0.05) is 37.3 Å². The van der Waals surface area contributed by atoms with E-state index in [0.717, 1.165) is 6.54 Å². The van der Waals surface area contributed by atoms with Crippen LogP contribution in [0.3, 0.4) is 0 Å². The number of aliphatic hydroxyl groups is 3. The van der Waals surface area contributed by atoms with E-state index in [0.29, 0.717) is 0 Å². The summed E-state index contributed by atoms with van der Waals surface area (Å²) < 4.78 is 31.5. The van der Waals surface area contributed by atoms with E-state index in [1.165, 1.54) is 5.56 Å². The Labute approximate surface area is 136 Å². The number of benzene rings is 1. The Morgan fingerprint density at radius 1 is 1.12 bits per heavy atom. The molecule has 0 aromatic heterocycles. The molecule has 5 N–H and O–H groups in total. The number of alkyl halides is 3. The second kappa shape index (κ2) is 8.43. The molecule has 9 heteroatoms. The lowest BCUT2D eigenvalue weighted by Crippen LogP contribution is -2.91. The largest absolute Gasteiger partial charge is 0.542 e. The Bertz CT molecular complexity index is 512. The number of hydrogen-bond acceptors (Lipinski definition) is 5. The summed E-state index contributed by atoms with van der Waals surface area (Å²) in [4.78, 5) is 8.78. The summed E-state index contributed by atoms with van der Waals surface area (Å²) >= 11 is 0. The predicted octanol–water partition coefficient (Wildman–Crippen LogP) is -1.85. The highest BCUT2D eigenvalue weighted by Crippen LogP contribution is 2.24. The molecule has 1 aromatic rings. The van der Waals surface area contributed by atoms with Crippen molar-refractivity contribution in [3.05, 3.63) is 35.9 Å². The summed E-state index contributed by atoms with van der Waals surface area (Å²) in [6.07, 6.45) is -7.91. The van der Waals surface area contributed by atoms with E-state index < -0.39 is 30.5 Å². The Morgan fingerprint density at radius 2 is 1.62 bits per heavy atom. The molecule has 0 aliphatic heterocycles. The highest BCUT2D eigenvalue weighted by molar-refractivity contribution is 5.70. The van der Waals surface area contributed by atoms with Crippen LogP contribution in [0.15, 0.2) is 30.3 Å². The van der Waals surface area contributed by atoms with E-state index in [2.05, 4.69) is 0 Å². The fourth-order valence-electron chi connectivity index (χ4n) is 2.52. The molecule has 1 aliphatic carbocycles. The Kier molecular flexibility index (Phi) is 7.15. The number of aliphatic hydroxyl groups excluding tert-OH is 3. The van der Waals surface area contributed by atoms with E-state index in [1.807, 2.05) is 42.6 Å². The number of carbonyl (C=O) groups is 1. The van der Waals surface area contributed by atoms with Gasteiger partial charge >= 0.3 is 6.18 Å². The van der Waals surface area contributed by atoms with E-state index in [4.69, 9.17) is 9.90 Å². The first kappa shape index (κ1) is 20.4. The topological polar surface area (TPSA) is 117 Å². The van der Waals surface area contributed by atoms with Crippen LogP contribution >= 0.6 is 0 Å². The molecule has 1 aliphatic rings. The quantitative estimate of drug-likeness (QED) is 0.510. The van der Waals surface area contributed by atoms with Crippen molar-refractivity contribution in [1.82, 2.24) is 0 Å². The lowest BCUT2D eigenvalue weighted by atomic mass is 10.0. The number of carbonyl (C=O) groups excluding carboxylic acids is 1. The van der Waals surface area contributed by atoms with Gasteiger partial charge in [0.15, 0.2) is 0 Å². The molecule has 0 heterocycles. The van der Waals surface area contributed by atoms with Crippen LogP contribution in [0.4, 0.5) is 13.2 Å². The number of halogens is 3. The fraction of sp³-hybridized carbons (Fsp3) is 0.533. The van der Waals surface area contributed by atoms with Gasteiger partial charge in [0.1, 0.15) is 30.8 Å². The molecule has 6 nitrogen and oxygen atoms in total. The van der Waals surface area contributed by atoms with Gasteiger partial charge in [-0.2, -0.15) is 13.2 Å². The summed E-state index contributed by atoms with van der Waals surface area (Å²) in [6, 6.07) is 9.80. The van der Waals surface area contributed by atoms with Crippen LogP contribution in [0.2, 0.25) is 0 Å². The third-order valence-electron chi connectivity index (χ3n) is 3.94. The fourth-order valence-corrected chi connectivity index (χ4v) is 2.52. The van der Waals surface area contributed by atoms with Gasteiger partial charge in [0.2, 0.25) is 0 Å². The van der Waals surface area contributed by atoms with Gasteiger partial charge in [-0.3, -0.25) is 0 Å². The summed E-state index contributed by atoms with van der Waals surface area (Å²) in [5.41, 5.74) is 1.17. The van der Waals surface area contributed by atoms with Gasteiger partial charge < -0.3 is 30.5 Å². The summed E-state index contributed by atoms with van der Waals surface area (Å²) in [5.74, 6) is -3.11. The zero-order chi connectivity index (χ0) is 18.5.